The van der Waals surface area contributed by atoms with Crippen molar-refractivity contribution in [2.24, 2.45) is 0 Å². The number of amides is 1. The van der Waals surface area contributed by atoms with Gasteiger partial charge in [0.15, 0.2) is 5.78 Å². The number of nitrogens with zero attached hydrogens (tertiary/aromatic N) is 5. The molecule has 194 valence electrons. The Balaban J connectivity index is 1.62. The van der Waals surface area contributed by atoms with Gasteiger partial charge in [-0.25, -0.2) is 4.79 Å². The van der Waals surface area contributed by atoms with Gasteiger partial charge in [0.2, 0.25) is 5.91 Å². The second-order valence-electron chi connectivity index (χ2n) is 9.70. The topological polar surface area (TPSA) is 114 Å². The molecule has 2 N–H and O–H groups in total. The maximum atomic E-state index is 13.5. The lowest BCUT2D eigenvalue weighted by atomic mass is 9.99. The normalized spacial score (nSPS) is 19.4. The monoisotopic (exact) mass is 496 g/mol. The van der Waals surface area contributed by atoms with E-state index in [9.17, 15) is 19.2 Å². The molecular formula is C26H36N6O4. The van der Waals surface area contributed by atoms with Crippen molar-refractivity contribution in [3.8, 4) is 0 Å². The number of ketones is 1. The number of benzene rings is 1. The Morgan fingerprint density at radius 3 is 2.33 bits per heavy atom. The van der Waals surface area contributed by atoms with Gasteiger partial charge in [-0.3, -0.25) is 28.4 Å². The number of rotatable bonds is 7. The number of piperidine rings is 1. The molecule has 1 aromatic heterocycles. The lowest BCUT2D eigenvalue weighted by Crippen LogP contribution is -2.56. The number of likely N-dealkylation sites (N-methyl/N-ethyl adjacent to an activating group) is 1. The fourth-order valence-electron chi connectivity index (χ4n) is 5.14. The van der Waals surface area contributed by atoms with Crippen LogP contribution in [0.15, 0.2) is 39.9 Å². The highest BCUT2D eigenvalue weighted by Gasteiger charge is 2.35. The first kappa shape index (κ1) is 25.8. The molecule has 10 heteroatoms. The van der Waals surface area contributed by atoms with Gasteiger partial charge >= 0.3 is 5.69 Å². The van der Waals surface area contributed by atoms with E-state index in [1.165, 1.54) is 4.57 Å². The van der Waals surface area contributed by atoms with E-state index in [4.69, 9.17) is 5.73 Å². The Labute approximate surface area is 210 Å². The molecule has 4 rings (SSSR count). The fraction of sp³-hybridized carbons (Fsp3) is 0.538. The van der Waals surface area contributed by atoms with Gasteiger partial charge in [-0.1, -0.05) is 36.8 Å². The maximum absolute atomic E-state index is 13.5. The van der Waals surface area contributed by atoms with Crippen LogP contribution in [-0.4, -0.2) is 87.9 Å². The summed E-state index contributed by atoms with van der Waals surface area (Å²) in [6, 6.07) is 8.90. The van der Waals surface area contributed by atoms with Crippen LogP contribution in [0.5, 0.6) is 0 Å². The van der Waals surface area contributed by atoms with Crippen molar-refractivity contribution in [1.29, 1.82) is 0 Å². The third-order valence-electron chi connectivity index (χ3n) is 7.31. The summed E-state index contributed by atoms with van der Waals surface area (Å²) in [5.74, 6) is -0.536. The van der Waals surface area contributed by atoms with Crippen LogP contribution in [0.2, 0.25) is 0 Å². The Kier molecular flexibility index (Phi) is 8.05. The molecule has 1 atom stereocenters. The summed E-state index contributed by atoms with van der Waals surface area (Å²) < 4.78 is 2.34. The standard InChI is InChI=1S/C26H36N6O4/c1-3-31-25(35)22(23(27)32(26(31)36)17-19-9-5-4-6-10-19)21(33)18-30-12-8-7-11-20(30)24(34)29-15-13-28(2)14-16-29/h4-6,9-10,20H,3,7-8,11-18,27H2,1-2H3. The van der Waals surface area contributed by atoms with Gasteiger partial charge in [0.05, 0.1) is 19.1 Å². The zero-order valence-corrected chi connectivity index (χ0v) is 21.2. The predicted octanol–water partition coefficient (Wildman–Crippen LogP) is 0.472. The average molecular weight is 497 g/mol. The molecule has 2 aromatic rings. The molecule has 36 heavy (non-hydrogen) atoms. The average Bonchev–Trinajstić information content (AvgIpc) is 2.88. The van der Waals surface area contributed by atoms with E-state index >= 15 is 0 Å². The van der Waals surface area contributed by atoms with Crippen molar-refractivity contribution in [3.05, 3.63) is 62.3 Å². The number of carbonyl (C=O) groups is 2. The number of aromatic nitrogens is 2. The summed E-state index contributed by atoms with van der Waals surface area (Å²) in [4.78, 5) is 59.0. The lowest BCUT2D eigenvalue weighted by molar-refractivity contribution is -0.139. The van der Waals surface area contributed by atoms with Gasteiger partial charge < -0.3 is 15.5 Å². The highest BCUT2D eigenvalue weighted by molar-refractivity contribution is 6.01. The Morgan fingerprint density at radius 2 is 1.67 bits per heavy atom. The van der Waals surface area contributed by atoms with E-state index in [0.717, 1.165) is 36.1 Å². The van der Waals surface area contributed by atoms with Gasteiger partial charge in [0.1, 0.15) is 11.4 Å². The molecule has 10 nitrogen and oxygen atoms in total. The van der Waals surface area contributed by atoms with Crippen LogP contribution in [0, 0.1) is 0 Å². The van der Waals surface area contributed by atoms with Crippen LogP contribution < -0.4 is 17.0 Å². The molecule has 2 aliphatic heterocycles. The summed E-state index contributed by atoms with van der Waals surface area (Å²) in [6.07, 6.45) is 2.48. The highest BCUT2D eigenvalue weighted by Crippen LogP contribution is 2.21. The summed E-state index contributed by atoms with van der Waals surface area (Å²) >= 11 is 0. The van der Waals surface area contributed by atoms with Crippen molar-refractivity contribution < 1.29 is 9.59 Å². The zero-order valence-electron chi connectivity index (χ0n) is 21.2. The van der Waals surface area contributed by atoms with Gasteiger partial charge in [0, 0.05) is 32.7 Å². The summed E-state index contributed by atoms with van der Waals surface area (Å²) in [7, 11) is 2.04. The SMILES string of the molecule is CCn1c(=O)c(C(=O)CN2CCCCC2C(=O)N2CCN(C)CC2)c(N)n(Cc2ccccc2)c1=O. The summed E-state index contributed by atoms with van der Waals surface area (Å²) in [6.45, 7) is 5.48. The molecule has 1 unspecified atom stereocenters. The molecule has 0 aliphatic carbocycles. The van der Waals surface area contributed by atoms with Gasteiger partial charge in [-0.2, -0.15) is 0 Å². The van der Waals surface area contributed by atoms with E-state index in [-0.39, 0.29) is 36.9 Å². The third-order valence-corrected chi connectivity index (χ3v) is 7.31. The van der Waals surface area contributed by atoms with Crippen LogP contribution in [-0.2, 0) is 17.9 Å². The molecule has 1 amide bonds. The predicted molar refractivity (Wildman–Crippen MR) is 138 cm³/mol. The number of hydrogen-bond donors (Lipinski definition) is 1. The fourth-order valence-corrected chi connectivity index (χ4v) is 5.14. The largest absolute Gasteiger partial charge is 0.384 e. The van der Waals surface area contributed by atoms with Crippen molar-refractivity contribution in [2.45, 2.75) is 45.3 Å². The molecule has 2 fully saturated rings. The Hall–Kier alpha value is -3.24. The number of carbonyl (C=O) groups excluding carboxylic acids is 2. The van der Waals surface area contributed by atoms with E-state index in [1.807, 2.05) is 47.2 Å². The second kappa shape index (κ2) is 11.2. The number of likely N-dealkylation sites (tertiary alicyclic amines) is 1. The zero-order chi connectivity index (χ0) is 25.8. The van der Waals surface area contributed by atoms with E-state index in [2.05, 4.69) is 4.90 Å². The lowest BCUT2D eigenvalue weighted by Gasteiger charge is -2.40. The Morgan fingerprint density at radius 1 is 0.972 bits per heavy atom. The van der Waals surface area contributed by atoms with Crippen molar-refractivity contribution >= 4 is 17.5 Å². The summed E-state index contributed by atoms with van der Waals surface area (Å²) in [5, 5.41) is 0. The number of Topliss-reactive ketones (excluding diaryl/α,β-unsaturated/α-hetero) is 1. The first-order chi connectivity index (χ1) is 17.3. The van der Waals surface area contributed by atoms with Gasteiger partial charge in [-0.15, -0.1) is 0 Å². The van der Waals surface area contributed by atoms with E-state index < -0.39 is 23.1 Å². The van der Waals surface area contributed by atoms with Gasteiger partial charge in [-0.05, 0) is 38.9 Å². The molecule has 0 radical (unpaired) electrons. The first-order valence-electron chi connectivity index (χ1n) is 12.7. The smallest absolute Gasteiger partial charge is 0.332 e. The first-order valence-corrected chi connectivity index (χ1v) is 12.7. The minimum Gasteiger partial charge on any atom is -0.384 e. The number of nitrogen functional groups attached to an aromatic ring is 1. The molecule has 0 saturated carbocycles. The molecule has 1 aromatic carbocycles. The second-order valence-corrected chi connectivity index (χ2v) is 9.70. The third kappa shape index (κ3) is 5.29. The van der Waals surface area contributed by atoms with E-state index in [0.29, 0.717) is 26.1 Å². The van der Waals surface area contributed by atoms with E-state index in [1.54, 1.807) is 6.92 Å². The number of hydrogen-bond acceptors (Lipinski definition) is 7. The highest BCUT2D eigenvalue weighted by atomic mass is 16.2. The van der Waals surface area contributed by atoms with Crippen molar-refractivity contribution in [2.75, 3.05) is 52.0 Å². The van der Waals surface area contributed by atoms with Crippen LogP contribution in [0.25, 0.3) is 0 Å². The van der Waals surface area contributed by atoms with Crippen LogP contribution in [0.3, 0.4) is 0 Å². The van der Waals surface area contributed by atoms with Crippen LogP contribution >= 0.6 is 0 Å². The minimum atomic E-state index is -0.673. The van der Waals surface area contributed by atoms with Crippen LogP contribution in [0.4, 0.5) is 5.82 Å². The quantitative estimate of drug-likeness (QED) is 0.555. The molecule has 3 heterocycles. The van der Waals surface area contributed by atoms with Gasteiger partial charge in [0.25, 0.3) is 5.56 Å². The minimum absolute atomic E-state index is 0.0450. The van der Waals surface area contributed by atoms with Crippen molar-refractivity contribution in [3.63, 3.8) is 0 Å². The number of anilines is 1. The molecule has 2 aliphatic rings. The maximum Gasteiger partial charge on any atom is 0.332 e. The molecule has 0 bridgehead atoms. The Bertz CT molecular complexity index is 1210. The number of piperazine rings is 1. The van der Waals surface area contributed by atoms with Crippen molar-refractivity contribution in [1.82, 2.24) is 23.8 Å². The molecule has 2 saturated heterocycles. The molecular weight excluding hydrogens is 460 g/mol. The number of nitrogens with two attached hydrogens (primary N) is 1. The summed E-state index contributed by atoms with van der Waals surface area (Å²) in [5.41, 5.74) is 5.76. The molecule has 0 spiro atoms. The van der Waals surface area contributed by atoms with Crippen LogP contribution in [0.1, 0.15) is 42.1 Å².